The van der Waals surface area contributed by atoms with Crippen molar-refractivity contribution in [3.63, 3.8) is 0 Å². The van der Waals surface area contributed by atoms with Crippen molar-refractivity contribution < 1.29 is 13.9 Å². The Balaban J connectivity index is 1.74. The van der Waals surface area contributed by atoms with E-state index in [9.17, 15) is 9.18 Å². The highest BCUT2D eigenvalue weighted by atomic mass is 32.2. The summed E-state index contributed by atoms with van der Waals surface area (Å²) in [5.41, 5.74) is 0. The van der Waals surface area contributed by atoms with Gasteiger partial charge in [0.25, 0.3) is 0 Å². The lowest BCUT2D eigenvalue weighted by molar-refractivity contribution is -0.118. The molecule has 2 nitrogen and oxygen atoms in total. The van der Waals surface area contributed by atoms with Gasteiger partial charge in [-0.1, -0.05) is 6.07 Å². The number of thioether (sulfide) groups is 1. The van der Waals surface area contributed by atoms with Crippen molar-refractivity contribution in [1.29, 1.82) is 0 Å². The number of halogens is 1. The quantitative estimate of drug-likeness (QED) is 0.766. The number of hydrogen-bond donors (Lipinski definition) is 0. The summed E-state index contributed by atoms with van der Waals surface area (Å²) in [6.45, 7) is 1.55. The van der Waals surface area contributed by atoms with Crippen LogP contribution in [0.5, 0.6) is 0 Å². The van der Waals surface area contributed by atoms with Gasteiger partial charge in [0.05, 0.1) is 5.75 Å². The van der Waals surface area contributed by atoms with Gasteiger partial charge in [-0.3, -0.25) is 4.79 Å². The Hall–Kier alpha value is -0.870. The fourth-order valence-electron chi connectivity index (χ4n) is 2.05. The zero-order valence-corrected chi connectivity index (χ0v) is 11.0. The molecule has 1 saturated heterocycles. The molecule has 0 aliphatic carbocycles. The third-order valence-corrected chi connectivity index (χ3v) is 4.11. The predicted octanol–water partition coefficient (Wildman–Crippen LogP) is 3.30. The molecule has 0 N–H and O–H groups in total. The third kappa shape index (κ3) is 4.42. The Morgan fingerprint density at radius 2 is 2.17 bits per heavy atom. The Kier molecular flexibility index (Phi) is 5.20. The summed E-state index contributed by atoms with van der Waals surface area (Å²) in [7, 11) is 0. The minimum atomic E-state index is -0.253. The van der Waals surface area contributed by atoms with Crippen LogP contribution in [0.25, 0.3) is 0 Å². The standard InChI is InChI=1S/C14H17FO2S/c15-12-2-1-3-14(9-12)18-10-13(16)8-11-4-6-17-7-5-11/h1-3,9,11H,4-8,10H2. The van der Waals surface area contributed by atoms with E-state index in [2.05, 4.69) is 0 Å². The first-order valence-electron chi connectivity index (χ1n) is 6.22. The van der Waals surface area contributed by atoms with Crippen LogP contribution in [0.4, 0.5) is 4.39 Å². The monoisotopic (exact) mass is 268 g/mol. The SMILES string of the molecule is O=C(CSc1cccc(F)c1)CC1CCOCC1. The van der Waals surface area contributed by atoms with Crippen molar-refractivity contribution in [3.8, 4) is 0 Å². The average Bonchev–Trinajstić information content (AvgIpc) is 2.38. The van der Waals surface area contributed by atoms with Crippen LogP contribution in [0.2, 0.25) is 0 Å². The van der Waals surface area contributed by atoms with E-state index in [0.29, 0.717) is 18.1 Å². The van der Waals surface area contributed by atoms with Crippen LogP contribution >= 0.6 is 11.8 Å². The van der Waals surface area contributed by atoms with Gasteiger partial charge < -0.3 is 4.74 Å². The highest BCUT2D eigenvalue weighted by molar-refractivity contribution is 8.00. The lowest BCUT2D eigenvalue weighted by atomic mass is 9.95. The van der Waals surface area contributed by atoms with Crippen molar-refractivity contribution in [2.45, 2.75) is 24.2 Å². The molecule has 0 saturated carbocycles. The molecule has 18 heavy (non-hydrogen) atoms. The summed E-state index contributed by atoms with van der Waals surface area (Å²) in [5.74, 6) is 0.897. The molecular weight excluding hydrogens is 251 g/mol. The van der Waals surface area contributed by atoms with Crippen LogP contribution in [-0.2, 0) is 9.53 Å². The number of ketones is 1. The van der Waals surface area contributed by atoms with Crippen molar-refractivity contribution >= 4 is 17.5 Å². The highest BCUT2D eigenvalue weighted by Crippen LogP contribution is 2.22. The van der Waals surface area contributed by atoms with E-state index in [1.54, 1.807) is 6.07 Å². The Morgan fingerprint density at radius 3 is 2.89 bits per heavy atom. The summed E-state index contributed by atoms with van der Waals surface area (Å²) >= 11 is 1.41. The lowest BCUT2D eigenvalue weighted by Gasteiger charge is -2.21. The van der Waals surface area contributed by atoms with Gasteiger partial charge in [-0.25, -0.2) is 4.39 Å². The molecule has 0 aromatic heterocycles. The first kappa shape index (κ1) is 13.6. The van der Waals surface area contributed by atoms with E-state index in [4.69, 9.17) is 4.74 Å². The molecule has 4 heteroatoms. The van der Waals surface area contributed by atoms with Gasteiger partial charge in [0.2, 0.25) is 0 Å². The molecule has 1 heterocycles. The number of rotatable bonds is 5. The molecule has 0 radical (unpaired) electrons. The molecule has 1 aliphatic heterocycles. The van der Waals surface area contributed by atoms with Crippen LogP contribution in [-0.4, -0.2) is 24.7 Å². The summed E-state index contributed by atoms with van der Waals surface area (Å²) in [6.07, 6.45) is 2.60. The molecule has 1 aromatic carbocycles. The average molecular weight is 268 g/mol. The van der Waals surface area contributed by atoms with Crippen molar-refractivity contribution in [2.75, 3.05) is 19.0 Å². The smallest absolute Gasteiger partial charge is 0.143 e. The molecule has 0 amide bonds. The lowest BCUT2D eigenvalue weighted by Crippen LogP contribution is -2.19. The number of Topliss-reactive ketones (excluding diaryl/α,β-unsaturated/α-hetero) is 1. The Morgan fingerprint density at radius 1 is 1.39 bits per heavy atom. The zero-order valence-electron chi connectivity index (χ0n) is 10.2. The Labute approximate surface area is 111 Å². The molecular formula is C14H17FO2S. The predicted molar refractivity (Wildman–Crippen MR) is 70.3 cm³/mol. The van der Waals surface area contributed by atoms with E-state index in [0.717, 1.165) is 31.0 Å². The summed E-state index contributed by atoms with van der Waals surface area (Å²) in [4.78, 5) is 12.6. The van der Waals surface area contributed by atoms with Gasteiger partial charge in [-0.05, 0) is 37.0 Å². The van der Waals surface area contributed by atoms with Crippen LogP contribution in [0.1, 0.15) is 19.3 Å². The minimum absolute atomic E-state index is 0.246. The van der Waals surface area contributed by atoms with Crippen LogP contribution < -0.4 is 0 Å². The fourth-order valence-corrected chi connectivity index (χ4v) is 2.87. The molecule has 0 unspecified atom stereocenters. The summed E-state index contributed by atoms with van der Waals surface area (Å²) in [5, 5.41) is 0. The number of carbonyl (C=O) groups is 1. The van der Waals surface area contributed by atoms with Gasteiger partial charge in [0, 0.05) is 24.5 Å². The third-order valence-electron chi connectivity index (χ3n) is 3.05. The minimum Gasteiger partial charge on any atom is -0.381 e. The molecule has 98 valence electrons. The number of hydrogen-bond acceptors (Lipinski definition) is 3. The van der Waals surface area contributed by atoms with Crippen molar-refractivity contribution in [1.82, 2.24) is 0 Å². The maximum atomic E-state index is 13.0. The molecule has 1 aliphatic rings. The maximum absolute atomic E-state index is 13.0. The second kappa shape index (κ2) is 6.90. The van der Waals surface area contributed by atoms with Gasteiger partial charge >= 0.3 is 0 Å². The van der Waals surface area contributed by atoms with Crippen LogP contribution in [0, 0.1) is 11.7 Å². The summed E-state index contributed by atoms with van der Waals surface area (Å²) in [6, 6.07) is 6.37. The van der Waals surface area contributed by atoms with Crippen molar-refractivity contribution in [2.24, 2.45) is 5.92 Å². The van der Waals surface area contributed by atoms with E-state index in [-0.39, 0.29) is 11.6 Å². The molecule has 1 fully saturated rings. The second-order valence-electron chi connectivity index (χ2n) is 4.54. The second-order valence-corrected chi connectivity index (χ2v) is 5.59. The van der Waals surface area contributed by atoms with Gasteiger partial charge in [-0.2, -0.15) is 0 Å². The van der Waals surface area contributed by atoms with E-state index >= 15 is 0 Å². The zero-order chi connectivity index (χ0) is 12.8. The molecule has 0 bridgehead atoms. The Bertz CT molecular complexity index is 403. The van der Waals surface area contributed by atoms with E-state index in [1.807, 2.05) is 6.07 Å². The van der Waals surface area contributed by atoms with E-state index < -0.39 is 0 Å². The van der Waals surface area contributed by atoms with Gasteiger partial charge in [-0.15, -0.1) is 11.8 Å². The van der Waals surface area contributed by atoms with Crippen molar-refractivity contribution in [3.05, 3.63) is 30.1 Å². The fraction of sp³-hybridized carbons (Fsp3) is 0.500. The largest absolute Gasteiger partial charge is 0.381 e. The topological polar surface area (TPSA) is 26.3 Å². The normalized spacial score (nSPS) is 16.7. The number of carbonyl (C=O) groups excluding carboxylic acids is 1. The van der Waals surface area contributed by atoms with E-state index in [1.165, 1.54) is 23.9 Å². The highest BCUT2D eigenvalue weighted by Gasteiger charge is 2.17. The van der Waals surface area contributed by atoms with Gasteiger partial charge in [0.15, 0.2) is 0 Å². The van der Waals surface area contributed by atoms with Crippen LogP contribution in [0.15, 0.2) is 29.2 Å². The number of ether oxygens (including phenoxy) is 1. The first-order valence-corrected chi connectivity index (χ1v) is 7.20. The number of benzene rings is 1. The summed E-state index contributed by atoms with van der Waals surface area (Å²) < 4.78 is 18.2. The molecule has 0 spiro atoms. The first-order chi connectivity index (χ1) is 8.74. The van der Waals surface area contributed by atoms with Gasteiger partial charge in [0.1, 0.15) is 11.6 Å². The molecule has 1 aromatic rings. The maximum Gasteiger partial charge on any atom is 0.143 e. The molecule has 2 rings (SSSR count). The van der Waals surface area contributed by atoms with Crippen LogP contribution in [0.3, 0.4) is 0 Å². The molecule has 0 atom stereocenters.